The van der Waals surface area contributed by atoms with E-state index in [2.05, 4.69) is 15.9 Å². The van der Waals surface area contributed by atoms with Gasteiger partial charge < -0.3 is 10.0 Å². The molecule has 0 spiro atoms. The molecule has 1 N–H and O–H groups in total. The molecule has 6 heteroatoms. The standard InChI is InChI=1S/C21H16BrNO3S/c22-15-8-9-17-16(11-15)21(26,12-18(24)19-7-4-10-27-19)20(25)23(17)13-14-5-2-1-3-6-14/h1-11,26H,12-13H2/t21-/m1/s1. The van der Waals surface area contributed by atoms with E-state index in [-0.39, 0.29) is 12.2 Å². The number of aliphatic hydroxyl groups is 1. The molecule has 27 heavy (non-hydrogen) atoms. The van der Waals surface area contributed by atoms with E-state index in [0.29, 0.717) is 22.7 Å². The lowest BCUT2D eigenvalue weighted by Gasteiger charge is -2.22. The summed E-state index contributed by atoms with van der Waals surface area (Å²) < 4.78 is 0.748. The number of benzene rings is 2. The van der Waals surface area contributed by atoms with Gasteiger partial charge in [-0.1, -0.05) is 52.3 Å². The number of carbonyl (C=O) groups excluding carboxylic acids is 2. The molecule has 1 aliphatic heterocycles. The van der Waals surface area contributed by atoms with E-state index >= 15 is 0 Å². The zero-order valence-corrected chi connectivity index (χ0v) is 16.7. The Morgan fingerprint density at radius 2 is 1.89 bits per heavy atom. The van der Waals surface area contributed by atoms with Crippen LogP contribution in [0.1, 0.15) is 27.2 Å². The Balaban J connectivity index is 1.73. The van der Waals surface area contributed by atoms with Gasteiger partial charge in [-0.3, -0.25) is 9.59 Å². The van der Waals surface area contributed by atoms with Crippen LogP contribution < -0.4 is 4.90 Å². The molecule has 4 rings (SSSR count). The average Bonchev–Trinajstić information content (AvgIpc) is 3.26. The van der Waals surface area contributed by atoms with Crippen LogP contribution in [-0.4, -0.2) is 16.8 Å². The second-order valence-electron chi connectivity index (χ2n) is 6.48. The first-order valence-corrected chi connectivity index (χ1v) is 10.1. The Kier molecular flexibility index (Phi) is 4.72. The highest BCUT2D eigenvalue weighted by atomic mass is 79.9. The van der Waals surface area contributed by atoms with Crippen LogP contribution in [0.25, 0.3) is 0 Å². The minimum atomic E-state index is -1.87. The summed E-state index contributed by atoms with van der Waals surface area (Å²) in [6.07, 6.45) is -0.277. The molecule has 1 aromatic heterocycles. The largest absolute Gasteiger partial charge is 0.375 e. The third kappa shape index (κ3) is 3.25. The number of amides is 1. The third-order valence-electron chi connectivity index (χ3n) is 4.69. The minimum Gasteiger partial charge on any atom is -0.375 e. The lowest BCUT2D eigenvalue weighted by atomic mass is 9.89. The number of hydrogen-bond donors (Lipinski definition) is 1. The monoisotopic (exact) mass is 441 g/mol. The summed E-state index contributed by atoms with van der Waals surface area (Å²) in [4.78, 5) is 27.9. The molecule has 2 heterocycles. The van der Waals surface area contributed by atoms with Crippen molar-refractivity contribution in [1.29, 1.82) is 0 Å². The number of nitrogens with zero attached hydrogens (tertiary/aromatic N) is 1. The fourth-order valence-electron chi connectivity index (χ4n) is 3.37. The van der Waals surface area contributed by atoms with Crippen LogP contribution in [0.5, 0.6) is 0 Å². The van der Waals surface area contributed by atoms with E-state index in [9.17, 15) is 14.7 Å². The molecule has 1 amide bonds. The van der Waals surface area contributed by atoms with E-state index in [0.717, 1.165) is 10.0 Å². The van der Waals surface area contributed by atoms with Gasteiger partial charge in [0, 0.05) is 10.0 Å². The maximum Gasteiger partial charge on any atom is 0.264 e. The summed E-state index contributed by atoms with van der Waals surface area (Å²) in [6.45, 7) is 0.337. The van der Waals surface area contributed by atoms with Gasteiger partial charge in [0.05, 0.1) is 23.5 Å². The number of carbonyl (C=O) groups is 2. The van der Waals surface area contributed by atoms with E-state index < -0.39 is 11.5 Å². The number of ketones is 1. The van der Waals surface area contributed by atoms with E-state index in [4.69, 9.17) is 0 Å². The molecule has 0 radical (unpaired) electrons. The first-order chi connectivity index (χ1) is 13.0. The Morgan fingerprint density at radius 1 is 1.11 bits per heavy atom. The lowest BCUT2D eigenvalue weighted by molar-refractivity contribution is -0.136. The summed E-state index contributed by atoms with van der Waals surface area (Å²) in [7, 11) is 0. The topological polar surface area (TPSA) is 57.6 Å². The molecule has 0 saturated heterocycles. The van der Waals surface area contributed by atoms with Crippen LogP contribution in [0.4, 0.5) is 5.69 Å². The first kappa shape index (κ1) is 18.1. The Hall–Kier alpha value is -2.28. The Bertz CT molecular complexity index is 1000. The molecule has 0 fully saturated rings. The number of hydrogen-bond acceptors (Lipinski definition) is 4. The SMILES string of the molecule is O=C(C[C@]1(O)C(=O)N(Cc2ccccc2)c2ccc(Br)cc21)c1cccs1. The maximum absolute atomic E-state index is 13.2. The molecule has 2 aromatic carbocycles. The van der Waals surface area contributed by atoms with Crippen molar-refractivity contribution in [2.24, 2.45) is 0 Å². The predicted octanol–water partition coefficient (Wildman–Crippen LogP) is 4.52. The number of Topliss-reactive ketones (excluding diaryl/α,β-unsaturated/α-hetero) is 1. The smallest absolute Gasteiger partial charge is 0.264 e. The van der Waals surface area contributed by atoms with Crippen molar-refractivity contribution in [3.8, 4) is 0 Å². The van der Waals surface area contributed by atoms with Crippen LogP contribution in [0, 0.1) is 0 Å². The number of thiophene rings is 1. The molecule has 0 saturated carbocycles. The van der Waals surface area contributed by atoms with Crippen LogP contribution in [0.15, 0.2) is 70.5 Å². The molecular weight excluding hydrogens is 426 g/mol. The lowest BCUT2D eigenvalue weighted by Crippen LogP contribution is -2.41. The molecule has 0 aliphatic carbocycles. The number of halogens is 1. The molecule has 0 bridgehead atoms. The average molecular weight is 442 g/mol. The van der Waals surface area contributed by atoms with Gasteiger partial charge in [-0.15, -0.1) is 11.3 Å². The molecule has 1 atom stereocenters. The third-order valence-corrected chi connectivity index (χ3v) is 6.09. The molecule has 136 valence electrons. The van der Waals surface area contributed by atoms with Crippen LogP contribution in [-0.2, 0) is 16.9 Å². The minimum absolute atomic E-state index is 0.242. The van der Waals surface area contributed by atoms with Crippen molar-refractivity contribution in [2.45, 2.75) is 18.6 Å². The maximum atomic E-state index is 13.2. The summed E-state index contributed by atoms with van der Waals surface area (Å²) in [6, 6.07) is 18.4. The second-order valence-corrected chi connectivity index (χ2v) is 8.34. The second kappa shape index (κ2) is 7.03. The predicted molar refractivity (Wildman–Crippen MR) is 109 cm³/mol. The van der Waals surface area contributed by atoms with Crippen LogP contribution >= 0.6 is 27.3 Å². The van der Waals surface area contributed by atoms with Crippen molar-refractivity contribution in [3.63, 3.8) is 0 Å². The highest BCUT2D eigenvalue weighted by Gasteiger charge is 2.51. The van der Waals surface area contributed by atoms with Gasteiger partial charge >= 0.3 is 0 Å². The van der Waals surface area contributed by atoms with E-state index in [1.54, 1.807) is 34.5 Å². The number of fused-ring (bicyclic) bond motifs is 1. The summed E-state index contributed by atoms with van der Waals surface area (Å²) in [5, 5.41) is 13.1. The summed E-state index contributed by atoms with van der Waals surface area (Å²) in [5.41, 5.74) is 0.180. The quantitative estimate of drug-likeness (QED) is 0.592. The fraction of sp³-hybridized carbons (Fsp3) is 0.143. The summed E-state index contributed by atoms with van der Waals surface area (Å²) >= 11 is 4.71. The van der Waals surface area contributed by atoms with Crippen LogP contribution in [0.2, 0.25) is 0 Å². The van der Waals surface area contributed by atoms with Gasteiger partial charge in [0.1, 0.15) is 0 Å². The Morgan fingerprint density at radius 3 is 2.59 bits per heavy atom. The highest BCUT2D eigenvalue weighted by molar-refractivity contribution is 9.10. The zero-order valence-electron chi connectivity index (χ0n) is 14.3. The number of anilines is 1. The van der Waals surface area contributed by atoms with Gasteiger partial charge in [-0.25, -0.2) is 0 Å². The number of rotatable bonds is 5. The Labute approximate surface area is 169 Å². The molecule has 0 unspecified atom stereocenters. The highest BCUT2D eigenvalue weighted by Crippen LogP contribution is 2.44. The van der Waals surface area contributed by atoms with E-state index in [1.165, 1.54) is 11.3 Å². The normalized spacial score (nSPS) is 18.6. The van der Waals surface area contributed by atoms with Gasteiger partial charge in [0.2, 0.25) is 0 Å². The summed E-state index contributed by atoms with van der Waals surface area (Å²) in [5.74, 6) is -0.710. The molecule has 1 aliphatic rings. The van der Waals surface area contributed by atoms with Gasteiger partial charge in [-0.05, 0) is 35.2 Å². The van der Waals surface area contributed by atoms with Crippen molar-refractivity contribution in [2.75, 3.05) is 4.90 Å². The van der Waals surface area contributed by atoms with E-state index in [1.807, 2.05) is 36.4 Å². The van der Waals surface area contributed by atoms with Crippen molar-refractivity contribution >= 4 is 44.6 Å². The van der Waals surface area contributed by atoms with Crippen molar-refractivity contribution in [1.82, 2.24) is 0 Å². The van der Waals surface area contributed by atoms with Crippen molar-refractivity contribution < 1.29 is 14.7 Å². The van der Waals surface area contributed by atoms with Crippen molar-refractivity contribution in [3.05, 3.63) is 86.5 Å². The molecular formula is C21H16BrNO3S. The zero-order chi connectivity index (χ0) is 19.0. The van der Waals surface area contributed by atoms with Gasteiger partial charge in [0.15, 0.2) is 11.4 Å². The molecule has 3 aromatic rings. The fourth-order valence-corrected chi connectivity index (χ4v) is 4.40. The first-order valence-electron chi connectivity index (χ1n) is 8.44. The van der Waals surface area contributed by atoms with Gasteiger partial charge in [0.25, 0.3) is 5.91 Å². The molecule has 4 nitrogen and oxygen atoms in total. The van der Waals surface area contributed by atoms with Gasteiger partial charge in [-0.2, -0.15) is 0 Å². The van der Waals surface area contributed by atoms with Crippen LogP contribution in [0.3, 0.4) is 0 Å².